The fraction of sp³-hybridized carbons (Fsp3) is 0.500. The summed E-state index contributed by atoms with van der Waals surface area (Å²) in [5, 5.41) is 12.6. The lowest BCUT2D eigenvalue weighted by Gasteiger charge is -2.26. The molecule has 3 rings (SSSR count). The van der Waals surface area contributed by atoms with Crippen molar-refractivity contribution >= 4 is 40.9 Å². The van der Waals surface area contributed by atoms with Gasteiger partial charge in [-0.05, 0) is 54.4 Å². The SMILES string of the molecule is NC(=S)NCC1CN(c2ccc([C@@H]3CCS[C@H](O)C3)c(F)c2)C(=O)O1. The van der Waals surface area contributed by atoms with Crippen molar-refractivity contribution < 1.29 is 19.0 Å². The average molecular weight is 385 g/mol. The Labute approximate surface area is 154 Å². The molecule has 25 heavy (non-hydrogen) atoms. The Balaban J connectivity index is 1.70. The molecule has 0 saturated carbocycles. The first-order valence-corrected chi connectivity index (χ1v) is 9.50. The number of thiocarbonyl (C=S) groups is 1. The summed E-state index contributed by atoms with van der Waals surface area (Å²) < 4.78 is 19.8. The number of nitrogens with zero attached hydrogens (tertiary/aromatic N) is 1. The third kappa shape index (κ3) is 4.34. The molecule has 2 aliphatic rings. The van der Waals surface area contributed by atoms with Crippen LogP contribution >= 0.6 is 24.0 Å². The van der Waals surface area contributed by atoms with Crippen molar-refractivity contribution in [3.05, 3.63) is 29.6 Å². The molecule has 1 unspecified atom stereocenters. The Hall–Kier alpha value is -1.58. The molecule has 1 aromatic rings. The van der Waals surface area contributed by atoms with Crippen LogP contribution in [0.25, 0.3) is 0 Å². The fourth-order valence-electron chi connectivity index (χ4n) is 3.13. The summed E-state index contributed by atoms with van der Waals surface area (Å²) in [6.45, 7) is 0.613. The Bertz CT molecular complexity index is 676. The zero-order valence-corrected chi connectivity index (χ0v) is 15.1. The van der Waals surface area contributed by atoms with Gasteiger partial charge >= 0.3 is 6.09 Å². The second-order valence-electron chi connectivity index (χ2n) is 6.11. The standard InChI is InChI=1S/C16H20FN3O3S2/c17-13-6-10(1-2-12(13)9-3-4-25-14(21)5-9)20-8-11(23-16(20)22)7-19-15(18)24/h1-2,6,9,11,14,21H,3-5,7-8H2,(H3,18,19,24)/t9-,11?,14+/m1/s1. The van der Waals surface area contributed by atoms with E-state index in [4.69, 9.17) is 22.7 Å². The monoisotopic (exact) mass is 385 g/mol. The van der Waals surface area contributed by atoms with Crippen molar-refractivity contribution in [3.8, 4) is 0 Å². The summed E-state index contributed by atoms with van der Waals surface area (Å²) in [5.74, 6) is 0.445. The molecular formula is C16H20FN3O3S2. The molecule has 2 fully saturated rings. The number of nitrogens with two attached hydrogens (primary N) is 1. The van der Waals surface area contributed by atoms with Crippen LogP contribution in [0.5, 0.6) is 0 Å². The van der Waals surface area contributed by atoms with Crippen LogP contribution in [0.2, 0.25) is 0 Å². The number of ether oxygens (including phenoxy) is 1. The van der Waals surface area contributed by atoms with Gasteiger partial charge in [0.15, 0.2) is 5.11 Å². The highest BCUT2D eigenvalue weighted by molar-refractivity contribution is 7.99. The first kappa shape index (κ1) is 18.2. The Morgan fingerprint density at radius 1 is 1.56 bits per heavy atom. The summed E-state index contributed by atoms with van der Waals surface area (Å²) in [6, 6.07) is 4.77. The van der Waals surface area contributed by atoms with Crippen LogP contribution in [-0.2, 0) is 4.74 Å². The number of aliphatic hydroxyl groups excluding tert-OH is 1. The van der Waals surface area contributed by atoms with Crippen molar-refractivity contribution in [2.24, 2.45) is 5.73 Å². The maximum atomic E-state index is 14.6. The molecule has 2 saturated heterocycles. The molecule has 0 spiro atoms. The van der Waals surface area contributed by atoms with Gasteiger partial charge in [-0.2, -0.15) is 0 Å². The minimum absolute atomic E-state index is 0.00153. The Morgan fingerprint density at radius 3 is 3.04 bits per heavy atom. The van der Waals surface area contributed by atoms with E-state index >= 15 is 0 Å². The van der Waals surface area contributed by atoms with Crippen LogP contribution in [0.4, 0.5) is 14.9 Å². The van der Waals surface area contributed by atoms with Gasteiger partial charge in [0, 0.05) is 0 Å². The fourth-order valence-corrected chi connectivity index (χ4v) is 4.27. The van der Waals surface area contributed by atoms with Crippen molar-refractivity contribution in [1.29, 1.82) is 0 Å². The number of carbonyl (C=O) groups is 1. The number of halogens is 1. The summed E-state index contributed by atoms with van der Waals surface area (Å²) in [6.07, 6.45) is 0.448. The lowest BCUT2D eigenvalue weighted by molar-refractivity contribution is 0.143. The van der Waals surface area contributed by atoms with Crippen LogP contribution in [0.3, 0.4) is 0 Å². The zero-order chi connectivity index (χ0) is 18.0. The molecule has 2 aliphatic heterocycles. The molecule has 0 bridgehead atoms. The lowest BCUT2D eigenvalue weighted by atomic mass is 9.92. The summed E-state index contributed by atoms with van der Waals surface area (Å²) in [7, 11) is 0. The van der Waals surface area contributed by atoms with Gasteiger partial charge in [-0.3, -0.25) is 4.90 Å². The van der Waals surface area contributed by atoms with Crippen LogP contribution in [0.1, 0.15) is 24.3 Å². The summed E-state index contributed by atoms with van der Waals surface area (Å²) in [4.78, 5) is 13.4. The second kappa shape index (κ2) is 7.76. The van der Waals surface area contributed by atoms with Gasteiger partial charge in [0.2, 0.25) is 0 Å². The number of hydrogen-bond acceptors (Lipinski definition) is 5. The van der Waals surface area contributed by atoms with E-state index in [0.29, 0.717) is 30.8 Å². The van der Waals surface area contributed by atoms with Gasteiger partial charge in [0.25, 0.3) is 0 Å². The summed E-state index contributed by atoms with van der Waals surface area (Å²) in [5.41, 5.74) is 5.95. The van der Waals surface area contributed by atoms with Crippen LogP contribution in [0.15, 0.2) is 18.2 Å². The molecule has 4 N–H and O–H groups in total. The van der Waals surface area contributed by atoms with Crippen molar-refractivity contribution in [3.63, 3.8) is 0 Å². The highest BCUT2D eigenvalue weighted by atomic mass is 32.2. The molecule has 3 atom stereocenters. The zero-order valence-electron chi connectivity index (χ0n) is 13.5. The van der Waals surface area contributed by atoms with Gasteiger partial charge < -0.3 is 20.9 Å². The largest absolute Gasteiger partial charge is 0.442 e. The first-order valence-electron chi connectivity index (χ1n) is 8.04. The van der Waals surface area contributed by atoms with E-state index in [1.54, 1.807) is 12.1 Å². The van der Waals surface area contributed by atoms with Gasteiger partial charge in [0.05, 0.1) is 24.2 Å². The van der Waals surface area contributed by atoms with Gasteiger partial charge in [-0.15, -0.1) is 11.8 Å². The number of amides is 1. The van der Waals surface area contributed by atoms with E-state index in [0.717, 1.165) is 12.2 Å². The Kier molecular flexibility index (Phi) is 5.65. The third-order valence-electron chi connectivity index (χ3n) is 4.38. The smallest absolute Gasteiger partial charge is 0.414 e. The number of cyclic esters (lactones) is 1. The molecule has 2 heterocycles. The normalized spacial score (nSPS) is 26.4. The highest BCUT2D eigenvalue weighted by Gasteiger charge is 2.33. The third-order valence-corrected chi connectivity index (χ3v) is 5.57. The van der Waals surface area contributed by atoms with Gasteiger partial charge in [-0.1, -0.05) is 6.07 Å². The quantitative estimate of drug-likeness (QED) is 0.683. The highest BCUT2D eigenvalue weighted by Crippen LogP contribution is 2.37. The molecule has 6 nitrogen and oxygen atoms in total. The predicted octanol–water partition coefficient (Wildman–Crippen LogP) is 1.91. The van der Waals surface area contributed by atoms with E-state index in [-0.39, 0.29) is 16.8 Å². The van der Waals surface area contributed by atoms with E-state index in [2.05, 4.69) is 5.32 Å². The molecule has 9 heteroatoms. The number of benzene rings is 1. The minimum atomic E-state index is -0.522. The van der Waals surface area contributed by atoms with Gasteiger partial charge in [0.1, 0.15) is 11.9 Å². The maximum absolute atomic E-state index is 14.6. The average Bonchev–Trinajstić information content (AvgIpc) is 2.94. The molecule has 0 radical (unpaired) electrons. The number of carbonyl (C=O) groups excluding carboxylic acids is 1. The van der Waals surface area contributed by atoms with E-state index in [1.807, 2.05) is 0 Å². The molecule has 1 amide bonds. The number of hydrogen-bond donors (Lipinski definition) is 3. The number of thioether (sulfide) groups is 1. The number of anilines is 1. The molecule has 0 aromatic heterocycles. The molecule has 0 aliphatic carbocycles. The number of aliphatic hydroxyl groups is 1. The first-order chi connectivity index (χ1) is 11.9. The predicted molar refractivity (Wildman–Crippen MR) is 99.2 cm³/mol. The second-order valence-corrected chi connectivity index (χ2v) is 7.84. The van der Waals surface area contributed by atoms with Crippen LogP contribution < -0.4 is 16.0 Å². The molecule has 136 valence electrons. The van der Waals surface area contributed by atoms with Crippen molar-refractivity contribution in [2.75, 3.05) is 23.7 Å². The maximum Gasteiger partial charge on any atom is 0.414 e. The molecule has 1 aromatic carbocycles. The van der Waals surface area contributed by atoms with Gasteiger partial charge in [-0.25, -0.2) is 9.18 Å². The van der Waals surface area contributed by atoms with E-state index in [9.17, 15) is 14.3 Å². The lowest BCUT2D eigenvalue weighted by Crippen LogP contribution is -2.37. The van der Waals surface area contributed by atoms with Crippen molar-refractivity contribution in [1.82, 2.24) is 5.32 Å². The topological polar surface area (TPSA) is 87.8 Å². The van der Waals surface area contributed by atoms with Crippen molar-refractivity contribution in [2.45, 2.75) is 30.3 Å². The minimum Gasteiger partial charge on any atom is -0.442 e. The van der Waals surface area contributed by atoms with E-state index < -0.39 is 17.6 Å². The number of rotatable bonds is 4. The van der Waals surface area contributed by atoms with Crippen LogP contribution in [0, 0.1) is 5.82 Å². The van der Waals surface area contributed by atoms with E-state index in [1.165, 1.54) is 22.7 Å². The molecular weight excluding hydrogens is 365 g/mol. The van der Waals surface area contributed by atoms with Crippen LogP contribution in [-0.4, -0.2) is 46.7 Å². The number of nitrogens with one attached hydrogen (secondary N) is 1. The summed E-state index contributed by atoms with van der Waals surface area (Å²) >= 11 is 6.22. The Morgan fingerprint density at radius 2 is 2.36 bits per heavy atom.